The molecule has 8 heteroatoms. The summed E-state index contributed by atoms with van der Waals surface area (Å²) in [4.78, 5) is 12.0. The van der Waals surface area contributed by atoms with Crippen molar-refractivity contribution in [3.8, 4) is 0 Å². The van der Waals surface area contributed by atoms with E-state index in [4.69, 9.17) is 0 Å². The van der Waals surface area contributed by atoms with Gasteiger partial charge in [-0.2, -0.15) is 0 Å². The van der Waals surface area contributed by atoms with Gasteiger partial charge in [0.2, 0.25) is 10.0 Å². The minimum atomic E-state index is -3.72. The quantitative estimate of drug-likeness (QED) is 0.715. The standard InChI is InChI=1S/C17H17FN2O3S2/c1-2-9-20-15-8-7-14(10-16(15)24-17(20)21)25(22,23)19-11-12-3-5-13(18)6-4-12/h3-8,10,19H,2,9,11H2,1H3. The highest BCUT2D eigenvalue weighted by atomic mass is 32.2. The van der Waals surface area contributed by atoms with Crippen LogP contribution in [0.5, 0.6) is 0 Å². The van der Waals surface area contributed by atoms with E-state index in [2.05, 4.69) is 4.72 Å². The maximum atomic E-state index is 12.9. The van der Waals surface area contributed by atoms with E-state index in [0.717, 1.165) is 23.3 Å². The predicted molar refractivity (Wildman–Crippen MR) is 96.8 cm³/mol. The third kappa shape index (κ3) is 3.81. The van der Waals surface area contributed by atoms with Gasteiger partial charge in [0, 0.05) is 13.1 Å². The van der Waals surface area contributed by atoms with Crippen LogP contribution in [0.1, 0.15) is 18.9 Å². The van der Waals surface area contributed by atoms with Crippen LogP contribution < -0.4 is 9.60 Å². The van der Waals surface area contributed by atoms with E-state index in [1.165, 1.54) is 36.4 Å². The van der Waals surface area contributed by atoms with Crippen molar-refractivity contribution in [1.29, 1.82) is 0 Å². The van der Waals surface area contributed by atoms with Crippen LogP contribution in [0, 0.1) is 5.82 Å². The van der Waals surface area contributed by atoms with Crippen LogP contribution in [0.3, 0.4) is 0 Å². The summed E-state index contributed by atoms with van der Waals surface area (Å²) in [5.74, 6) is -0.372. The second-order valence-corrected chi connectivity index (χ2v) is 8.36. The molecule has 0 spiro atoms. The van der Waals surface area contributed by atoms with Crippen molar-refractivity contribution in [2.45, 2.75) is 31.3 Å². The van der Waals surface area contributed by atoms with Gasteiger partial charge in [0.1, 0.15) is 5.82 Å². The molecule has 25 heavy (non-hydrogen) atoms. The summed E-state index contributed by atoms with van der Waals surface area (Å²) >= 11 is 1.04. The van der Waals surface area contributed by atoms with E-state index in [0.29, 0.717) is 16.8 Å². The van der Waals surface area contributed by atoms with Gasteiger partial charge in [-0.25, -0.2) is 17.5 Å². The van der Waals surface area contributed by atoms with Gasteiger partial charge in [-0.1, -0.05) is 30.4 Å². The third-order valence-electron chi connectivity index (χ3n) is 3.78. The van der Waals surface area contributed by atoms with Gasteiger partial charge in [-0.05, 0) is 42.3 Å². The SMILES string of the molecule is CCCn1c(=O)sc2cc(S(=O)(=O)NCc3ccc(F)cc3)ccc21. The number of fused-ring (bicyclic) bond motifs is 1. The first-order valence-electron chi connectivity index (χ1n) is 7.78. The zero-order valence-corrected chi connectivity index (χ0v) is 15.2. The Labute approximate surface area is 148 Å². The van der Waals surface area contributed by atoms with Gasteiger partial charge in [0.15, 0.2) is 0 Å². The second-order valence-electron chi connectivity index (χ2n) is 5.60. The van der Waals surface area contributed by atoms with E-state index in [1.807, 2.05) is 6.92 Å². The van der Waals surface area contributed by atoms with E-state index in [9.17, 15) is 17.6 Å². The number of benzene rings is 2. The summed E-state index contributed by atoms with van der Waals surface area (Å²) < 4.78 is 42.6. The Bertz CT molecular complexity index is 1050. The number of aryl methyl sites for hydroxylation is 1. The Morgan fingerprint density at radius 3 is 2.56 bits per heavy atom. The second kappa shape index (κ2) is 7.07. The summed E-state index contributed by atoms with van der Waals surface area (Å²) in [5, 5.41) is 0. The minimum Gasteiger partial charge on any atom is -0.299 e. The molecule has 0 aliphatic rings. The normalized spacial score (nSPS) is 11.9. The fourth-order valence-corrected chi connectivity index (χ4v) is 4.59. The number of halogens is 1. The molecule has 0 atom stereocenters. The van der Waals surface area contributed by atoms with Crippen LogP contribution in [0.15, 0.2) is 52.2 Å². The molecule has 5 nitrogen and oxygen atoms in total. The van der Waals surface area contributed by atoms with Gasteiger partial charge in [-0.15, -0.1) is 0 Å². The number of hydrogen-bond acceptors (Lipinski definition) is 4. The lowest BCUT2D eigenvalue weighted by Crippen LogP contribution is -2.23. The van der Waals surface area contributed by atoms with Crippen LogP contribution >= 0.6 is 11.3 Å². The summed E-state index contributed by atoms with van der Waals surface area (Å²) in [5.41, 5.74) is 1.40. The molecule has 0 amide bonds. The van der Waals surface area contributed by atoms with Crippen molar-refractivity contribution in [2.75, 3.05) is 0 Å². The minimum absolute atomic E-state index is 0.0632. The lowest BCUT2D eigenvalue weighted by atomic mass is 10.2. The number of aromatic nitrogens is 1. The molecule has 3 rings (SSSR count). The van der Waals surface area contributed by atoms with Crippen LogP contribution in [0.25, 0.3) is 10.2 Å². The maximum Gasteiger partial charge on any atom is 0.308 e. The predicted octanol–water partition coefficient (Wildman–Crippen LogP) is 3.09. The molecule has 0 saturated heterocycles. The Hall–Kier alpha value is -2.03. The van der Waals surface area contributed by atoms with Gasteiger partial charge in [0.05, 0.1) is 15.1 Å². The molecule has 1 N–H and O–H groups in total. The van der Waals surface area contributed by atoms with E-state index in [1.54, 1.807) is 10.6 Å². The van der Waals surface area contributed by atoms with Crippen molar-refractivity contribution >= 4 is 31.6 Å². The Balaban J connectivity index is 1.86. The smallest absolute Gasteiger partial charge is 0.299 e. The van der Waals surface area contributed by atoms with Crippen molar-refractivity contribution in [3.63, 3.8) is 0 Å². The molecule has 0 saturated carbocycles. The average molecular weight is 380 g/mol. The maximum absolute atomic E-state index is 12.9. The highest BCUT2D eigenvalue weighted by Crippen LogP contribution is 2.22. The van der Waals surface area contributed by atoms with Gasteiger partial charge in [0.25, 0.3) is 0 Å². The molecule has 0 radical (unpaired) electrons. The number of thiazole rings is 1. The zero-order valence-electron chi connectivity index (χ0n) is 13.5. The van der Waals surface area contributed by atoms with Crippen LogP contribution in [-0.2, 0) is 23.1 Å². The van der Waals surface area contributed by atoms with Crippen LogP contribution in [-0.4, -0.2) is 13.0 Å². The lowest BCUT2D eigenvalue weighted by molar-refractivity contribution is 0.581. The molecular weight excluding hydrogens is 363 g/mol. The highest BCUT2D eigenvalue weighted by molar-refractivity contribution is 7.89. The molecule has 0 fully saturated rings. The zero-order chi connectivity index (χ0) is 18.0. The largest absolute Gasteiger partial charge is 0.308 e. The monoisotopic (exact) mass is 380 g/mol. The fraction of sp³-hybridized carbons (Fsp3) is 0.235. The molecule has 0 aliphatic carbocycles. The first-order valence-corrected chi connectivity index (χ1v) is 10.1. The molecule has 1 heterocycles. The van der Waals surface area contributed by atoms with E-state index in [-0.39, 0.29) is 22.1 Å². The Morgan fingerprint density at radius 1 is 1.16 bits per heavy atom. The topological polar surface area (TPSA) is 68.2 Å². The summed E-state index contributed by atoms with van der Waals surface area (Å²) in [7, 11) is -3.72. The van der Waals surface area contributed by atoms with Crippen molar-refractivity contribution < 1.29 is 12.8 Å². The third-order valence-corrected chi connectivity index (χ3v) is 6.12. The molecule has 0 bridgehead atoms. The van der Waals surface area contributed by atoms with Crippen LogP contribution in [0.2, 0.25) is 0 Å². The van der Waals surface area contributed by atoms with Crippen molar-refractivity contribution in [2.24, 2.45) is 0 Å². The Kier molecular flexibility index (Phi) is 5.03. The highest BCUT2D eigenvalue weighted by Gasteiger charge is 2.16. The molecule has 132 valence electrons. The van der Waals surface area contributed by atoms with Gasteiger partial charge in [-0.3, -0.25) is 9.36 Å². The van der Waals surface area contributed by atoms with Gasteiger partial charge >= 0.3 is 4.87 Å². The first-order chi connectivity index (χ1) is 11.9. The molecule has 2 aromatic carbocycles. The van der Waals surface area contributed by atoms with E-state index < -0.39 is 10.0 Å². The number of nitrogens with one attached hydrogen (secondary N) is 1. The summed E-state index contributed by atoms with van der Waals surface area (Å²) in [6.45, 7) is 2.65. The van der Waals surface area contributed by atoms with Crippen LogP contribution in [0.4, 0.5) is 4.39 Å². The summed E-state index contributed by atoms with van der Waals surface area (Å²) in [6, 6.07) is 10.3. The number of nitrogens with zero attached hydrogens (tertiary/aromatic N) is 1. The van der Waals surface area contributed by atoms with Crippen molar-refractivity contribution in [3.05, 3.63) is 63.5 Å². The number of hydrogen-bond donors (Lipinski definition) is 1. The van der Waals surface area contributed by atoms with Crippen molar-refractivity contribution in [1.82, 2.24) is 9.29 Å². The number of rotatable bonds is 6. The summed E-state index contributed by atoms with van der Waals surface area (Å²) in [6.07, 6.45) is 0.824. The molecule has 0 aliphatic heterocycles. The molecule has 3 aromatic rings. The molecule has 0 unspecified atom stereocenters. The lowest BCUT2D eigenvalue weighted by Gasteiger charge is -2.08. The average Bonchev–Trinajstić information content (AvgIpc) is 2.90. The molecular formula is C17H17FN2O3S2. The molecule has 1 aromatic heterocycles. The Morgan fingerprint density at radius 2 is 1.88 bits per heavy atom. The first kappa shape index (κ1) is 17.8. The number of sulfonamides is 1. The fourth-order valence-electron chi connectivity index (χ4n) is 2.51. The van der Waals surface area contributed by atoms with E-state index >= 15 is 0 Å². The van der Waals surface area contributed by atoms with Gasteiger partial charge < -0.3 is 0 Å².